The van der Waals surface area contributed by atoms with Crippen molar-refractivity contribution in [2.75, 3.05) is 19.6 Å². The van der Waals surface area contributed by atoms with E-state index in [1.807, 2.05) is 48.7 Å². The Morgan fingerprint density at radius 1 is 1.03 bits per heavy atom. The van der Waals surface area contributed by atoms with E-state index in [-0.39, 0.29) is 12.0 Å². The third kappa shape index (κ3) is 4.16. The minimum Gasteiger partial charge on any atom is -0.380 e. The lowest BCUT2D eigenvalue weighted by Crippen LogP contribution is -2.54. The fraction of sp³-hybridized carbons (Fsp3) is 0.261. The molecule has 2 unspecified atom stereocenters. The first-order valence-electron chi connectivity index (χ1n) is 10.2. The van der Waals surface area contributed by atoms with Crippen LogP contribution in [0.2, 0.25) is 4.34 Å². The molecule has 0 radical (unpaired) electrons. The molecule has 0 spiro atoms. The number of nitrogens with zero attached hydrogens (tertiary/aromatic N) is 3. The third-order valence-electron chi connectivity index (χ3n) is 5.74. The van der Waals surface area contributed by atoms with Crippen LogP contribution in [0.25, 0.3) is 10.4 Å². The number of benzene rings is 1. The van der Waals surface area contributed by atoms with Crippen molar-refractivity contribution in [3.05, 3.63) is 70.3 Å². The smallest absolute Gasteiger partial charge is 0.312 e. The Kier molecular flexibility index (Phi) is 5.38. The average molecular weight is 453 g/mol. The number of carbonyl (C=O) groups excluding carboxylic acids is 2. The van der Waals surface area contributed by atoms with Crippen LogP contribution < -0.4 is 5.32 Å². The second kappa shape index (κ2) is 8.32. The molecule has 4 heterocycles. The lowest BCUT2D eigenvalue weighted by atomic mass is 10.0. The number of hydrogen-bond acceptors (Lipinski definition) is 5. The quantitative estimate of drug-likeness (QED) is 0.708. The van der Waals surface area contributed by atoms with Gasteiger partial charge in [0.05, 0.1) is 16.9 Å². The van der Waals surface area contributed by atoms with Crippen molar-refractivity contribution in [2.24, 2.45) is 10.9 Å². The molecule has 3 aliphatic rings. The average Bonchev–Trinajstić information content (AvgIpc) is 3.39. The number of aliphatic imine (C=N–C) groups is 1. The molecule has 6 nitrogen and oxygen atoms in total. The maximum atomic E-state index is 12.7. The molecule has 8 heteroatoms. The predicted molar refractivity (Wildman–Crippen MR) is 123 cm³/mol. The summed E-state index contributed by atoms with van der Waals surface area (Å²) in [6.07, 6.45) is 7.77. The van der Waals surface area contributed by atoms with E-state index in [4.69, 9.17) is 11.6 Å². The van der Waals surface area contributed by atoms with Gasteiger partial charge in [0.15, 0.2) is 0 Å². The highest BCUT2D eigenvalue weighted by molar-refractivity contribution is 7.19. The van der Waals surface area contributed by atoms with Crippen LogP contribution in [0.5, 0.6) is 0 Å². The number of rotatable bonds is 5. The van der Waals surface area contributed by atoms with Gasteiger partial charge in [-0.05, 0) is 29.3 Å². The largest absolute Gasteiger partial charge is 0.380 e. The molecule has 0 saturated carbocycles. The summed E-state index contributed by atoms with van der Waals surface area (Å²) in [6, 6.07) is 12.1. The van der Waals surface area contributed by atoms with Gasteiger partial charge in [0.1, 0.15) is 0 Å². The van der Waals surface area contributed by atoms with E-state index >= 15 is 0 Å². The second-order valence-corrected chi connectivity index (χ2v) is 9.55. The highest BCUT2D eigenvalue weighted by Gasteiger charge is 2.34. The highest BCUT2D eigenvalue weighted by atomic mass is 35.5. The number of nitrogens with one attached hydrogen (secondary N) is 1. The Morgan fingerprint density at radius 2 is 1.77 bits per heavy atom. The Balaban J connectivity index is 1.19. The first-order valence-corrected chi connectivity index (χ1v) is 11.4. The lowest BCUT2D eigenvalue weighted by molar-refractivity contribution is -0.156. The van der Waals surface area contributed by atoms with Crippen LogP contribution in [0.1, 0.15) is 5.56 Å². The number of piperazine rings is 1. The summed E-state index contributed by atoms with van der Waals surface area (Å²) < 4.78 is 0.757. The molecule has 0 bridgehead atoms. The van der Waals surface area contributed by atoms with Crippen molar-refractivity contribution in [1.29, 1.82) is 0 Å². The number of hydrogen-bond donors (Lipinski definition) is 1. The highest BCUT2D eigenvalue weighted by Crippen LogP contribution is 2.31. The van der Waals surface area contributed by atoms with Gasteiger partial charge >= 0.3 is 11.8 Å². The normalized spacial score (nSPS) is 22.5. The molecule has 1 N–H and O–H groups in total. The van der Waals surface area contributed by atoms with Gasteiger partial charge in [-0.25, -0.2) is 0 Å². The molecule has 31 heavy (non-hydrogen) atoms. The van der Waals surface area contributed by atoms with Gasteiger partial charge in [-0.2, -0.15) is 0 Å². The maximum Gasteiger partial charge on any atom is 0.312 e. The van der Waals surface area contributed by atoms with Gasteiger partial charge in [0.25, 0.3) is 0 Å². The lowest BCUT2D eigenvalue weighted by Gasteiger charge is -2.34. The number of amides is 2. The fourth-order valence-electron chi connectivity index (χ4n) is 4.08. The van der Waals surface area contributed by atoms with E-state index in [0.717, 1.165) is 26.0 Å². The summed E-state index contributed by atoms with van der Waals surface area (Å²) >= 11 is 7.55. The summed E-state index contributed by atoms with van der Waals surface area (Å²) in [5, 5.41) is 3.40. The summed E-state index contributed by atoms with van der Waals surface area (Å²) in [5.41, 5.74) is 3.05. The standard InChI is InChI=1S/C23H21ClN4O2S/c24-21-6-5-20(31-21)16-3-1-15(2-4-16)13-27-9-10-28(23(30)22(27)29)14-18-11-17-12-25-8-7-19(17)26-18/h1-8,11-12,17,19,26H,9-10,13-14H2. The second-order valence-electron chi connectivity index (χ2n) is 7.83. The first-order chi connectivity index (χ1) is 15.1. The zero-order chi connectivity index (χ0) is 21.4. The number of thiophene rings is 1. The van der Waals surface area contributed by atoms with E-state index in [0.29, 0.717) is 26.2 Å². The van der Waals surface area contributed by atoms with Crippen LogP contribution in [-0.2, 0) is 16.1 Å². The molecule has 1 saturated heterocycles. The summed E-state index contributed by atoms with van der Waals surface area (Å²) in [5.74, 6) is -0.684. The first kappa shape index (κ1) is 20.0. The molecule has 1 aromatic heterocycles. The van der Waals surface area contributed by atoms with Gasteiger partial charge in [0.2, 0.25) is 0 Å². The summed E-state index contributed by atoms with van der Waals surface area (Å²) in [6.45, 7) is 1.89. The Hall–Kier alpha value is -2.90. The van der Waals surface area contributed by atoms with Gasteiger partial charge in [-0.15, -0.1) is 11.3 Å². The minimum atomic E-state index is -0.446. The summed E-state index contributed by atoms with van der Waals surface area (Å²) in [7, 11) is 0. The van der Waals surface area contributed by atoms with E-state index in [1.165, 1.54) is 11.3 Å². The number of halogens is 1. The molecule has 0 aliphatic carbocycles. The van der Waals surface area contributed by atoms with Gasteiger partial charge < -0.3 is 15.1 Å². The molecule has 1 fully saturated rings. The van der Waals surface area contributed by atoms with E-state index in [9.17, 15) is 9.59 Å². The molecular weight excluding hydrogens is 432 g/mol. The van der Waals surface area contributed by atoms with Crippen molar-refractivity contribution >= 4 is 41.0 Å². The zero-order valence-electron chi connectivity index (χ0n) is 16.7. The Bertz CT molecular complexity index is 1110. The maximum absolute atomic E-state index is 12.7. The number of carbonyl (C=O) groups is 2. The van der Waals surface area contributed by atoms with Crippen LogP contribution in [0.15, 0.2) is 65.4 Å². The fourth-order valence-corrected chi connectivity index (χ4v) is 5.13. The van der Waals surface area contributed by atoms with Gasteiger partial charge in [0, 0.05) is 48.5 Å². The van der Waals surface area contributed by atoms with Crippen LogP contribution in [0, 0.1) is 5.92 Å². The molecule has 2 amide bonds. The van der Waals surface area contributed by atoms with Crippen LogP contribution >= 0.6 is 22.9 Å². The predicted octanol–water partition coefficient (Wildman–Crippen LogP) is 3.31. The van der Waals surface area contributed by atoms with Crippen molar-refractivity contribution in [3.8, 4) is 10.4 Å². The molecular formula is C23H21ClN4O2S. The Labute approximate surface area is 189 Å². The SMILES string of the molecule is O=C1C(=O)N(Cc2ccc(-c3ccc(Cl)s3)cc2)CCN1CC1=CC2C=NC=CC2N1. The van der Waals surface area contributed by atoms with Crippen molar-refractivity contribution in [3.63, 3.8) is 0 Å². The van der Waals surface area contributed by atoms with E-state index in [1.54, 1.807) is 16.0 Å². The van der Waals surface area contributed by atoms with Crippen molar-refractivity contribution < 1.29 is 9.59 Å². The van der Waals surface area contributed by atoms with Crippen molar-refractivity contribution in [2.45, 2.75) is 12.6 Å². The molecule has 2 aromatic rings. The monoisotopic (exact) mass is 452 g/mol. The zero-order valence-corrected chi connectivity index (χ0v) is 18.3. The van der Waals surface area contributed by atoms with Crippen LogP contribution in [-0.4, -0.2) is 53.5 Å². The van der Waals surface area contributed by atoms with Crippen molar-refractivity contribution in [1.82, 2.24) is 15.1 Å². The number of fused-ring (bicyclic) bond motifs is 1. The van der Waals surface area contributed by atoms with Gasteiger partial charge in [-0.3, -0.25) is 14.6 Å². The molecule has 3 aliphatic heterocycles. The third-order valence-corrected chi connectivity index (χ3v) is 7.02. The van der Waals surface area contributed by atoms with Gasteiger partial charge in [-0.1, -0.05) is 41.9 Å². The Morgan fingerprint density at radius 3 is 2.45 bits per heavy atom. The summed E-state index contributed by atoms with van der Waals surface area (Å²) in [4.78, 5) is 33.9. The van der Waals surface area contributed by atoms with Crippen LogP contribution in [0.3, 0.4) is 0 Å². The molecule has 1 aromatic carbocycles. The van der Waals surface area contributed by atoms with E-state index < -0.39 is 11.8 Å². The molecule has 2 atom stereocenters. The molecule has 158 valence electrons. The van der Waals surface area contributed by atoms with E-state index in [2.05, 4.69) is 16.4 Å². The topological polar surface area (TPSA) is 65.0 Å². The van der Waals surface area contributed by atoms with Crippen LogP contribution in [0.4, 0.5) is 0 Å². The molecule has 5 rings (SSSR count). The minimum absolute atomic E-state index is 0.188.